The van der Waals surface area contributed by atoms with Crippen LogP contribution in [0.4, 0.5) is 0 Å². The molecule has 0 atom stereocenters. The van der Waals surface area contributed by atoms with Crippen molar-refractivity contribution < 1.29 is 14.6 Å². The SMILES string of the molecule is C=C(C)C(=O)OCCc1cc2cc(-c3ccccc3)ccc2cc1-c1ccc(CCO)cc1. The first-order chi connectivity index (χ1) is 16.0. The third kappa shape index (κ3) is 5.39. The zero-order valence-electron chi connectivity index (χ0n) is 18.9. The molecule has 0 aliphatic carbocycles. The Hall–Kier alpha value is -3.69. The Bertz CT molecular complexity index is 1270. The maximum absolute atomic E-state index is 11.9. The smallest absolute Gasteiger partial charge is 0.333 e. The normalized spacial score (nSPS) is 10.8. The number of carbonyl (C=O) groups excluding carboxylic acids is 1. The summed E-state index contributed by atoms with van der Waals surface area (Å²) in [6.07, 6.45) is 1.25. The van der Waals surface area contributed by atoms with Crippen LogP contribution in [0.5, 0.6) is 0 Å². The van der Waals surface area contributed by atoms with E-state index in [1.807, 2.05) is 18.2 Å². The highest BCUT2D eigenvalue weighted by Crippen LogP contribution is 2.32. The van der Waals surface area contributed by atoms with Crippen molar-refractivity contribution in [3.63, 3.8) is 0 Å². The highest BCUT2D eigenvalue weighted by Gasteiger charge is 2.11. The van der Waals surface area contributed by atoms with Crippen LogP contribution in [0.3, 0.4) is 0 Å². The molecule has 4 rings (SSSR count). The second-order valence-electron chi connectivity index (χ2n) is 8.27. The lowest BCUT2D eigenvalue weighted by atomic mass is 9.92. The van der Waals surface area contributed by atoms with Crippen molar-refractivity contribution in [3.8, 4) is 22.3 Å². The Balaban J connectivity index is 1.73. The van der Waals surface area contributed by atoms with E-state index >= 15 is 0 Å². The van der Waals surface area contributed by atoms with E-state index in [-0.39, 0.29) is 12.6 Å². The second kappa shape index (κ2) is 10.3. The molecule has 0 aliphatic heterocycles. The minimum atomic E-state index is -0.364. The molecule has 3 heteroatoms. The minimum Gasteiger partial charge on any atom is -0.462 e. The van der Waals surface area contributed by atoms with Crippen molar-refractivity contribution in [2.75, 3.05) is 13.2 Å². The number of aliphatic hydroxyl groups is 1. The lowest BCUT2D eigenvalue weighted by molar-refractivity contribution is -0.138. The fraction of sp³-hybridized carbons (Fsp3) is 0.167. The quantitative estimate of drug-likeness (QED) is 0.258. The number of rotatable bonds is 8. The summed E-state index contributed by atoms with van der Waals surface area (Å²) in [5, 5.41) is 11.5. The molecule has 0 spiro atoms. The maximum atomic E-state index is 11.9. The van der Waals surface area contributed by atoms with Gasteiger partial charge in [0.2, 0.25) is 0 Å². The molecule has 0 amide bonds. The van der Waals surface area contributed by atoms with E-state index in [1.54, 1.807) is 6.92 Å². The van der Waals surface area contributed by atoms with Gasteiger partial charge in [-0.05, 0) is 69.6 Å². The summed E-state index contributed by atoms with van der Waals surface area (Å²) in [5.74, 6) is -0.364. The van der Waals surface area contributed by atoms with Crippen molar-refractivity contribution in [2.24, 2.45) is 0 Å². The van der Waals surface area contributed by atoms with Gasteiger partial charge in [0, 0.05) is 18.6 Å². The molecule has 0 saturated heterocycles. The summed E-state index contributed by atoms with van der Waals surface area (Å²) in [6.45, 7) is 5.75. The standard InChI is InChI=1S/C30H28O3/c1-21(2)30(32)33-17-15-27-19-28-18-25(23-6-4-3-5-7-23)12-13-26(28)20-29(27)24-10-8-22(9-11-24)14-16-31/h3-13,18-20,31H,1,14-17H2,2H3. The van der Waals surface area contributed by atoms with Gasteiger partial charge in [-0.25, -0.2) is 4.79 Å². The first-order valence-corrected chi connectivity index (χ1v) is 11.2. The van der Waals surface area contributed by atoms with E-state index in [4.69, 9.17) is 4.74 Å². The van der Waals surface area contributed by atoms with E-state index in [2.05, 4.69) is 73.3 Å². The molecule has 4 aromatic rings. The van der Waals surface area contributed by atoms with E-state index in [0.717, 1.165) is 33.0 Å². The van der Waals surface area contributed by atoms with Gasteiger partial charge in [-0.2, -0.15) is 0 Å². The van der Waals surface area contributed by atoms with E-state index in [1.165, 1.54) is 11.1 Å². The third-order valence-corrected chi connectivity index (χ3v) is 5.79. The molecular weight excluding hydrogens is 408 g/mol. The molecule has 0 radical (unpaired) electrons. The fourth-order valence-electron chi connectivity index (χ4n) is 3.99. The van der Waals surface area contributed by atoms with Crippen LogP contribution < -0.4 is 0 Å². The highest BCUT2D eigenvalue weighted by atomic mass is 16.5. The summed E-state index contributed by atoms with van der Waals surface area (Å²) in [5.41, 5.74) is 7.21. The summed E-state index contributed by atoms with van der Waals surface area (Å²) in [7, 11) is 0. The van der Waals surface area contributed by atoms with Crippen LogP contribution in [0.2, 0.25) is 0 Å². The molecule has 0 aromatic heterocycles. The van der Waals surface area contributed by atoms with Gasteiger partial charge < -0.3 is 9.84 Å². The summed E-state index contributed by atoms with van der Waals surface area (Å²) >= 11 is 0. The number of ether oxygens (including phenoxy) is 1. The molecule has 33 heavy (non-hydrogen) atoms. The fourth-order valence-corrected chi connectivity index (χ4v) is 3.99. The van der Waals surface area contributed by atoms with Gasteiger partial charge >= 0.3 is 5.97 Å². The van der Waals surface area contributed by atoms with Crippen molar-refractivity contribution in [1.29, 1.82) is 0 Å². The number of carbonyl (C=O) groups is 1. The predicted octanol–water partition coefficient (Wildman–Crippen LogP) is 6.37. The van der Waals surface area contributed by atoms with Crippen LogP contribution in [-0.2, 0) is 22.4 Å². The molecule has 3 nitrogen and oxygen atoms in total. The van der Waals surface area contributed by atoms with Gasteiger partial charge in [-0.15, -0.1) is 0 Å². The monoisotopic (exact) mass is 436 g/mol. The molecule has 166 valence electrons. The Morgan fingerprint density at radius 2 is 1.55 bits per heavy atom. The van der Waals surface area contributed by atoms with Crippen molar-refractivity contribution >= 4 is 16.7 Å². The Kier molecular flexibility index (Phi) is 7.01. The van der Waals surface area contributed by atoms with Crippen LogP contribution in [0.1, 0.15) is 18.1 Å². The Labute approximate surface area is 195 Å². The molecule has 0 fully saturated rings. The molecule has 0 bridgehead atoms. The first-order valence-electron chi connectivity index (χ1n) is 11.2. The van der Waals surface area contributed by atoms with Crippen molar-refractivity contribution in [1.82, 2.24) is 0 Å². The Morgan fingerprint density at radius 1 is 0.818 bits per heavy atom. The van der Waals surface area contributed by atoms with Gasteiger partial charge in [0.25, 0.3) is 0 Å². The molecule has 0 heterocycles. The molecule has 1 N–H and O–H groups in total. The first kappa shape index (κ1) is 22.5. The highest BCUT2D eigenvalue weighted by molar-refractivity contribution is 5.92. The Morgan fingerprint density at radius 3 is 2.24 bits per heavy atom. The van der Waals surface area contributed by atoms with Crippen LogP contribution in [0.15, 0.2) is 97.1 Å². The second-order valence-corrected chi connectivity index (χ2v) is 8.27. The predicted molar refractivity (Wildman–Crippen MR) is 135 cm³/mol. The van der Waals surface area contributed by atoms with Gasteiger partial charge in [0.15, 0.2) is 0 Å². The number of benzene rings is 4. The topological polar surface area (TPSA) is 46.5 Å². The zero-order valence-corrected chi connectivity index (χ0v) is 18.9. The number of esters is 1. The van der Waals surface area contributed by atoms with Crippen LogP contribution >= 0.6 is 0 Å². The van der Waals surface area contributed by atoms with Gasteiger partial charge in [-0.3, -0.25) is 0 Å². The molecule has 4 aromatic carbocycles. The molecule has 0 saturated carbocycles. The molecular formula is C30H28O3. The van der Waals surface area contributed by atoms with Crippen LogP contribution in [-0.4, -0.2) is 24.3 Å². The van der Waals surface area contributed by atoms with E-state index in [0.29, 0.717) is 25.0 Å². The van der Waals surface area contributed by atoms with Gasteiger partial charge in [-0.1, -0.05) is 79.4 Å². The summed E-state index contributed by atoms with van der Waals surface area (Å²) in [4.78, 5) is 11.9. The van der Waals surface area contributed by atoms with Gasteiger partial charge in [0.1, 0.15) is 0 Å². The minimum absolute atomic E-state index is 0.137. The largest absolute Gasteiger partial charge is 0.462 e. The summed E-state index contributed by atoms with van der Waals surface area (Å²) in [6, 6.07) is 29.6. The average molecular weight is 437 g/mol. The molecule has 0 aliphatic rings. The van der Waals surface area contributed by atoms with Crippen molar-refractivity contribution in [2.45, 2.75) is 19.8 Å². The van der Waals surface area contributed by atoms with E-state index in [9.17, 15) is 9.90 Å². The number of hydrogen-bond acceptors (Lipinski definition) is 3. The zero-order chi connectivity index (χ0) is 23.2. The molecule has 0 unspecified atom stereocenters. The van der Waals surface area contributed by atoms with Gasteiger partial charge in [0.05, 0.1) is 6.61 Å². The lowest BCUT2D eigenvalue weighted by Crippen LogP contribution is -2.08. The number of aliphatic hydroxyl groups excluding tert-OH is 1. The lowest BCUT2D eigenvalue weighted by Gasteiger charge is -2.14. The maximum Gasteiger partial charge on any atom is 0.333 e. The summed E-state index contributed by atoms with van der Waals surface area (Å²) < 4.78 is 5.39. The third-order valence-electron chi connectivity index (χ3n) is 5.79. The van der Waals surface area contributed by atoms with Crippen molar-refractivity contribution in [3.05, 3.63) is 108 Å². The van der Waals surface area contributed by atoms with E-state index < -0.39 is 0 Å². The number of fused-ring (bicyclic) bond motifs is 1. The number of hydrogen-bond donors (Lipinski definition) is 1. The average Bonchev–Trinajstić information content (AvgIpc) is 2.84. The van der Waals surface area contributed by atoms with Crippen LogP contribution in [0.25, 0.3) is 33.0 Å². The van der Waals surface area contributed by atoms with Crippen LogP contribution in [0, 0.1) is 0 Å².